The summed E-state index contributed by atoms with van der Waals surface area (Å²) in [5.74, 6) is 0.432. The number of carbonyl (C=O) groups excluding carboxylic acids is 2. The number of anilines is 1. The molecule has 9 heteroatoms. The summed E-state index contributed by atoms with van der Waals surface area (Å²) in [6.07, 6.45) is 2.21. The van der Waals surface area contributed by atoms with Gasteiger partial charge in [-0.05, 0) is 12.5 Å². The highest BCUT2D eigenvalue weighted by atomic mass is 35.5. The van der Waals surface area contributed by atoms with Crippen LogP contribution >= 0.6 is 34.8 Å². The molecular formula is C15H16Cl3N3O3. The maximum Gasteiger partial charge on any atom is 0.251 e. The van der Waals surface area contributed by atoms with Crippen molar-refractivity contribution >= 4 is 52.4 Å². The van der Waals surface area contributed by atoms with Crippen molar-refractivity contribution in [2.45, 2.75) is 28.1 Å². The molecule has 130 valence electrons. The van der Waals surface area contributed by atoms with Gasteiger partial charge in [-0.2, -0.15) is 0 Å². The van der Waals surface area contributed by atoms with Gasteiger partial charge in [0.2, 0.25) is 5.91 Å². The minimum Gasteiger partial charge on any atom is -0.497 e. The molecule has 1 aromatic rings. The Labute approximate surface area is 154 Å². The molecule has 1 aromatic heterocycles. The largest absolute Gasteiger partial charge is 0.497 e. The number of amides is 2. The van der Waals surface area contributed by atoms with Gasteiger partial charge in [0.15, 0.2) is 4.87 Å². The SMILES string of the molecule is COc1ccnc(N2CCC(N(C)C(=O)C3(Cl)CC3(Cl)Cl)C2=O)c1. The topological polar surface area (TPSA) is 62.7 Å². The molecule has 0 bridgehead atoms. The molecule has 2 unspecified atom stereocenters. The lowest BCUT2D eigenvalue weighted by atomic mass is 10.2. The lowest BCUT2D eigenvalue weighted by molar-refractivity contribution is -0.137. The molecule has 2 amide bonds. The normalized spacial score (nSPS) is 28.0. The van der Waals surface area contributed by atoms with Crippen LogP contribution < -0.4 is 9.64 Å². The van der Waals surface area contributed by atoms with Crippen LogP contribution in [-0.4, -0.2) is 57.6 Å². The molecule has 0 radical (unpaired) electrons. The van der Waals surface area contributed by atoms with Crippen LogP contribution in [0, 0.1) is 0 Å². The Balaban J connectivity index is 1.75. The quantitative estimate of drug-likeness (QED) is 0.737. The van der Waals surface area contributed by atoms with Crippen LogP contribution in [0.3, 0.4) is 0 Å². The number of hydrogen-bond donors (Lipinski definition) is 0. The number of likely N-dealkylation sites (N-methyl/N-ethyl adjacent to an activating group) is 1. The highest BCUT2D eigenvalue weighted by Gasteiger charge is 2.72. The van der Waals surface area contributed by atoms with Crippen LogP contribution in [0.25, 0.3) is 0 Å². The Hall–Kier alpha value is -1.24. The van der Waals surface area contributed by atoms with Gasteiger partial charge in [-0.25, -0.2) is 4.98 Å². The van der Waals surface area contributed by atoms with Crippen molar-refractivity contribution in [3.8, 4) is 5.75 Å². The first-order valence-corrected chi connectivity index (χ1v) is 8.50. The maximum atomic E-state index is 12.7. The average Bonchev–Trinajstić information content (AvgIpc) is 2.89. The highest BCUT2D eigenvalue weighted by Crippen LogP contribution is 2.62. The molecule has 24 heavy (non-hydrogen) atoms. The first-order valence-electron chi connectivity index (χ1n) is 7.37. The number of ether oxygens (including phenoxy) is 1. The molecular weight excluding hydrogens is 377 g/mol. The van der Waals surface area contributed by atoms with E-state index in [0.29, 0.717) is 24.5 Å². The smallest absolute Gasteiger partial charge is 0.251 e. The minimum atomic E-state index is -1.35. The van der Waals surface area contributed by atoms with Crippen molar-refractivity contribution in [3.63, 3.8) is 0 Å². The third kappa shape index (κ3) is 2.70. The maximum absolute atomic E-state index is 12.7. The van der Waals surface area contributed by atoms with Gasteiger partial charge < -0.3 is 9.64 Å². The van der Waals surface area contributed by atoms with E-state index in [0.717, 1.165) is 0 Å². The lowest BCUT2D eigenvalue weighted by Crippen LogP contribution is -2.47. The number of carbonyl (C=O) groups is 2. The van der Waals surface area contributed by atoms with Crippen LogP contribution in [0.15, 0.2) is 18.3 Å². The van der Waals surface area contributed by atoms with Gasteiger partial charge in [0, 0.05) is 32.3 Å². The molecule has 0 spiro atoms. The molecule has 2 fully saturated rings. The summed E-state index contributed by atoms with van der Waals surface area (Å²) in [7, 11) is 3.08. The fraction of sp³-hybridized carbons (Fsp3) is 0.533. The zero-order chi connectivity index (χ0) is 17.7. The number of alkyl halides is 3. The summed E-state index contributed by atoms with van der Waals surface area (Å²) in [6, 6.07) is 2.75. The van der Waals surface area contributed by atoms with E-state index in [1.807, 2.05) is 0 Å². The Morgan fingerprint density at radius 1 is 1.46 bits per heavy atom. The van der Waals surface area contributed by atoms with E-state index in [1.165, 1.54) is 9.80 Å². The molecule has 2 heterocycles. The van der Waals surface area contributed by atoms with Gasteiger partial charge in [0.05, 0.1) is 7.11 Å². The first-order chi connectivity index (χ1) is 11.2. The number of halogens is 3. The fourth-order valence-electron chi connectivity index (χ4n) is 2.84. The van der Waals surface area contributed by atoms with Crippen molar-refractivity contribution in [1.29, 1.82) is 0 Å². The third-order valence-corrected chi connectivity index (χ3v) is 6.18. The van der Waals surface area contributed by atoms with Crippen LogP contribution in [-0.2, 0) is 9.59 Å². The first kappa shape index (κ1) is 17.6. The van der Waals surface area contributed by atoms with Crippen LogP contribution in [0.4, 0.5) is 5.82 Å². The fourth-order valence-corrected chi connectivity index (χ4v) is 3.87. The molecule has 0 N–H and O–H groups in total. The number of hydrogen-bond acceptors (Lipinski definition) is 4. The second-order valence-electron chi connectivity index (χ2n) is 5.95. The number of methoxy groups -OCH3 is 1. The van der Waals surface area contributed by atoms with Crippen molar-refractivity contribution in [1.82, 2.24) is 9.88 Å². The van der Waals surface area contributed by atoms with Gasteiger partial charge >= 0.3 is 0 Å². The highest BCUT2D eigenvalue weighted by molar-refractivity contribution is 6.62. The molecule has 1 aliphatic heterocycles. The summed E-state index contributed by atoms with van der Waals surface area (Å²) >= 11 is 18.1. The van der Waals surface area contributed by atoms with Crippen LogP contribution in [0.1, 0.15) is 12.8 Å². The predicted octanol–water partition coefficient (Wildman–Crippen LogP) is 2.21. The molecule has 2 atom stereocenters. The van der Waals surface area contributed by atoms with E-state index in [9.17, 15) is 9.59 Å². The van der Waals surface area contributed by atoms with E-state index in [1.54, 1.807) is 32.5 Å². The van der Waals surface area contributed by atoms with Crippen LogP contribution in [0.5, 0.6) is 5.75 Å². The average molecular weight is 393 g/mol. The Morgan fingerprint density at radius 2 is 2.12 bits per heavy atom. The number of pyridine rings is 1. The summed E-state index contributed by atoms with van der Waals surface area (Å²) < 4.78 is 3.87. The second-order valence-corrected chi connectivity index (χ2v) is 8.08. The van der Waals surface area contributed by atoms with Crippen molar-refractivity contribution < 1.29 is 14.3 Å². The van der Waals surface area contributed by atoms with E-state index in [-0.39, 0.29) is 12.3 Å². The van der Waals surface area contributed by atoms with Gasteiger partial charge in [-0.3, -0.25) is 14.5 Å². The third-order valence-electron chi connectivity index (χ3n) is 4.45. The standard InChI is InChI=1S/C15H16Cl3N3O3/c1-20(13(23)14(16)8-15(14,17)18)10-4-6-21(12(10)22)11-7-9(24-2)3-5-19-11/h3,5,7,10H,4,6,8H2,1-2H3. The summed E-state index contributed by atoms with van der Waals surface area (Å²) in [6.45, 7) is 0.448. The summed E-state index contributed by atoms with van der Waals surface area (Å²) in [4.78, 5) is 30.9. The monoisotopic (exact) mass is 391 g/mol. The van der Waals surface area contributed by atoms with E-state index < -0.39 is 21.2 Å². The van der Waals surface area contributed by atoms with Crippen molar-refractivity contribution in [2.75, 3.05) is 25.6 Å². The van der Waals surface area contributed by atoms with Gasteiger partial charge in [0.1, 0.15) is 21.9 Å². The zero-order valence-corrected chi connectivity index (χ0v) is 15.4. The number of rotatable bonds is 4. The van der Waals surface area contributed by atoms with E-state index in [4.69, 9.17) is 39.5 Å². The molecule has 6 nitrogen and oxygen atoms in total. The molecule has 2 aliphatic rings. The Bertz CT molecular complexity index is 700. The molecule has 0 aromatic carbocycles. The van der Waals surface area contributed by atoms with E-state index >= 15 is 0 Å². The molecule has 3 rings (SSSR count). The summed E-state index contributed by atoms with van der Waals surface area (Å²) in [5, 5.41) is 0. The zero-order valence-electron chi connectivity index (χ0n) is 13.1. The minimum absolute atomic E-state index is 0.163. The van der Waals surface area contributed by atoms with Crippen molar-refractivity contribution in [3.05, 3.63) is 18.3 Å². The molecule has 1 aliphatic carbocycles. The summed E-state index contributed by atoms with van der Waals surface area (Å²) in [5.41, 5.74) is 0. The van der Waals surface area contributed by atoms with Gasteiger partial charge in [-0.1, -0.05) is 23.2 Å². The Kier molecular flexibility index (Phi) is 4.35. The molecule has 1 saturated heterocycles. The lowest BCUT2D eigenvalue weighted by Gasteiger charge is -2.26. The predicted molar refractivity (Wildman–Crippen MR) is 92.0 cm³/mol. The number of nitrogens with zero attached hydrogens (tertiary/aromatic N) is 3. The second kappa shape index (κ2) is 5.93. The van der Waals surface area contributed by atoms with Gasteiger partial charge in [0.25, 0.3) is 5.91 Å². The van der Waals surface area contributed by atoms with Crippen molar-refractivity contribution in [2.24, 2.45) is 0 Å². The van der Waals surface area contributed by atoms with Gasteiger partial charge in [-0.15, -0.1) is 11.6 Å². The number of aromatic nitrogens is 1. The van der Waals surface area contributed by atoms with E-state index in [2.05, 4.69) is 4.98 Å². The Morgan fingerprint density at radius 3 is 2.71 bits per heavy atom. The van der Waals surface area contributed by atoms with Crippen LogP contribution in [0.2, 0.25) is 0 Å². The molecule has 1 saturated carbocycles.